The summed E-state index contributed by atoms with van der Waals surface area (Å²) < 4.78 is 4.79. The van der Waals surface area contributed by atoms with Crippen LogP contribution in [0.15, 0.2) is 18.3 Å². The number of hydrogen-bond donors (Lipinski definition) is 1. The highest BCUT2D eigenvalue weighted by molar-refractivity contribution is 5.92. The third-order valence-corrected chi connectivity index (χ3v) is 5.20. The average Bonchev–Trinajstić information content (AvgIpc) is 2.69. The lowest BCUT2D eigenvalue weighted by atomic mass is 9.97. The van der Waals surface area contributed by atoms with Crippen LogP contribution < -0.4 is 10.2 Å². The van der Waals surface area contributed by atoms with E-state index >= 15 is 0 Å². The van der Waals surface area contributed by atoms with Crippen molar-refractivity contribution in [2.75, 3.05) is 50.1 Å². The largest absolute Gasteiger partial charge is 0.469 e. The normalized spacial score (nSPS) is 19.2. The molecule has 1 N–H and O–H groups in total. The van der Waals surface area contributed by atoms with Gasteiger partial charge in [0.15, 0.2) is 0 Å². The minimum absolute atomic E-state index is 0.0363. The fourth-order valence-corrected chi connectivity index (χ4v) is 3.67. The number of esters is 1. The van der Waals surface area contributed by atoms with Crippen LogP contribution >= 0.6 is 0 Å². The van der Waals surface area contributed by atoms with Gasteiger partial charge in [-0.25, -0.2) is 4.98 Å². The van der Waals surface area contributed by atoms with E-state index in [1.807, 2.05) is 12.1 Å². The van der Waals surface area contributed by atoms with Gasteiger partial charge in [-0.2, -0.15) is 0 Å². The molecule has 1 amide bonds. The molecule has 0 radical (unpaired) electrons. The van der Waals surface area contributed by atoms with Crippen molar-refractivity contribution in [3.63, 3.8) is 0 Å². The van der Waals surface area contributed by atoms with Crippen molar-refractivity contribution in [2.24, 2.45) is 5.92 Å². The van der Waals surface area contributed by atoms with E-state index in [9.17, 15) is 9.59 Å². The number of amides is 1. The van der Waals surface area contributed by atoms with Gasteiger partial charge in [-0.15, -0.1) is 0 Å². The van der Waals surface area contributed by atoms with Crippen LogP contribution in [0.1, 0.15) is 32.1 Å². The Morgan fingerprint density at radius 3 is 2.50 bits per heavy atom. The summed E-state index contributed by atoms with van der Waals surface area (Å²) in [6.45, 7) is 3.92. The zero-order valence-electron chi connectivity index (χ0n) is 15.4. The van der Waals surface area contributed by atoms with Crippen LogP contribution in [0.25, 0.3) is 0 Å². The van der Waals surface area contributed by atoms with Gasteiger partial charge in [0, 0.05) is 13.1 Å². The van der Waals surface area contributed by atoms with E-state index in [1.165, 1.54) is 26.4 Å². The Labute approximate surface area is 154 Å². The number of aromatic nitrogens is 1. The van der Waals surface area contributed by atoms with Crippen molar-refractivity contribution < 1.29 is 14.3 Å². The maximum Gasteiger partial charge on any atom is 0.308 e. The van der Waals surface area contributed by atoms with Crippen LogP contribution in [0, 0.1) is 5.92 Å². The van der Waals surface area contributed by atoms with E-state index in [2.05, 4.69) is 20.1 Å². The second-order valence-electron chi connectivity index (χ2n) is 7.07. The summed E-state index contributed by atoms with van der Waals surface area (Å²) >= 11 is 0. The van der Waals surface area contributed by atoms with Crippen LogP contribution in [0.5, 0.6) is 0 Å². The standard InChI is InChI=1S/C19H28N4O3/c1-26-19(25)15-7-11-22(12-8-15)14-18(24)21-16-5-6-17(20-13-16)23-9-3-2-4-10-23/h5-6,13,15H,2-4,7-12,14H2,1H3,(H,21,24). The first kappa shape index (κ1) is 18.6. The lowest BCUT2D eigenvalue weighted by molar-refractivity contribution is -0.147. The predicted octanol–water partition coefficient (Wildman–Crippen LogP) is 1.90. The molecular formula is C19H28N4O3. The molecular weight excluding hydrogens is 332 g/mol. The van der Waals surface area contributed by atoms with E-state index < -0.39 is 0 Å². The van der Waals surface area contributed by atoms with Gasteiger partial charge in [0.1, 0.15) is 5.82 Å². The minimum Gasteiger partial charge on any atom is -0.469 e. The second-order valence-corrected chi connectivity index (χ2v) is 7.07. The summed E-state index contributed by atoms with van der Waals surface area (Å²) in [6, 6.07) is 3.89. The second kappa shape index (κ2) is 8.98. The van der Waals surface area contributed by atoms with Gasteiger partial charge in [0.2, 0.25) is 5.91 Å². The Morgan fingerprint density at radius 2 is 1.88 bits per heavy atom. The molecule has 2 saturated heterocycles. The smallest absolute Gasteiger partial charge is 0.308 e. The van der Waals surface area contributed by atoms with Gasteiger partial charge in [-0.1, -0.05) is 0 Å². The molecule has 1 aromatic rings. The van der Waals surface area contributed by atoms with Crippen LogP contribution in [0.2, 0.25) is 0 Å². The fraction of sp³-hybridized carbons (Fsp3) is 0.632. The van der Waals surface area contributed by atoms with Crippen molar-refractivity contribution in [3.05, 3.63) is 18.3 Å². The topological polar surface area (TPSA) is 74.8 Å². The van der Waals surface area contributed by atoms with Crippen molar-refractivity contribution >= 4 is 23.4 Å². The number of pyridine rings is 1. The number of nitrogens with one attached hydrogen (secondary N) is 1. The average molecular weight is 360 g/mol. The van der Waals surface area contributed by atoms with Gasteiger partial charge >= 0.3 is 5.97 Å². The Morgan fingerprint density at radius 1 is 1.15 bits per heavy atom. The summed E-state index contributed by atoms with van der Waals surface area (Å²) in [5.74, 6) is 0.751. The molecule has 0 bridgehead atoms. The van der Waals surface area contributed by atoms with Gasteiger partial charge < -0.3 is 15.0 Å². The quantitative estimate of drug-likeness (QED) is 0.809. The number of methoxy groups -OCH3 is 1. The first-order chi connectivity index (χ1) is 12.7. The number of carbonyl (C=O) groups excluding carboxylic acids is 2. The molecule has 26 heavy (non-hydrogen) atoms. The molecule has 3 heterocycles. The maximum atomic E-state index is 12.3. The number of likely N-dealkylation sites (tertiary alicyclic amines) is 1. The summed E-state index contributed by atoms with van der Waals surface area (Å²) in [5, 5.41) is 2.91. The first-order valence-electron chi connectivity index (χ1n) is 9.47. The van der Waals surface area contributed by atoms with Crippen molar-refractivity contribution in [1.29, 1.82) is 0 Å². The Kier molecular flexibility index (Phi) is 6.44. The molecule has 2 aliphatic rings. The molecule has 3 rings (SSSR count). The molecule has 2 aliphatic heterocycles. The van der Waals surface area contributed by atoms with Crippen LogP contribution in [-0.2, 0) is 14.3 Å². The Hall–Kier alpha value is -2.15. The Balaban J connectivity index is 1.44. The third kappa shape index (κ3) is 4.94. The molecule has 0 aromatic carbocycles. The Bertz CT molecular complexity index is 606. The number of hydrogen-bond acceptors (Lipinski definition) is 6. The van der Waals surface area contributed by atoms with Gasteiger partial charge in [0.05, 0.1) is 31.5 Å². The van der Waals surface area contributed by atoms with Crippen LogP contribution in [0.3, 0.4) is 0 Å². The summed E-state index contributed by atoms with van der Waals surface area (Å²) in [6.07, 6.45) is 6.94. The van der Waals surface area contributed by atoms with E-state index in [0.29, 0.717) is 6.54 Å². The molecule has 1 aromatic heterocycles. The van der Waals surface area contributed by atoms with Crippen molar-refractivity contribution in [3.8, 4) is 0 Å². The first-order valence-corrected chi connectivity index (χ1v) is 9.47. The zero-order chi connectivity index (χ0) is 18.4. The number of carbonyl (C=O) groups is 2. The molecule has 0 aliphatic carbocycles. The highest BCUT2D eigenvalue weighted by Gasteiger charge is 2.26. The third-order valence-electron chi connectivity index (χ3n) is 5.20. The van der Waals surface area contributed by atoms with E-state index in [1.54, 1.807) is 6.20 Å². The molecule has 0 unspecified atom stereocenters. The zero-order valence-corrected chi connectivity index (χ0v) is 15.4. The fourth-order valence-electron chi connectivity index (χ4n) is 3.67. The number of anilines is 2. The maximum absolute atomic E-state index is 12.3. The number of ether oxygens (including phenoxy) is 1. The minimum atomic E-state index is -0.144. The summed E-state index contributed by atoms with van der Waals surface area (Å²) in [7, 11) is 1.42. The van der Waals surface area contributed by atoms with Crippen molar-refractivity contribution in [1.82, 2.24) is 9.88 Å². The van der Waals surface area contributed by atoms with Gasteiger partial charge in [-0.05, 0) is 57.3 Å². The van der Waals surface area contributed by atoms with Crippen LogP contribution in [0.4, 0.5) is 11.5 Å². The van der Waals surface area contributed by atoms with Gasteiger partial charge in [-0.3, -0.25) is 14.5 Å². The summed E-state index contributed by atoms with van der Waals surface area (Å²) in [5.41, 5.74) is 0.722. The van der Waals surface area contributed by atoms with Gasteiger partial charge in [0.25, 0.3) is 0 Å². The van der Waals surface area contributed by atoms with E-state index in [4.69, 9.17) is 4.74 Å². The molecule has 0 atom stereocenters. The lowest BCUT2D eigenvalue weighted by Crippen LogP contribution is -2.41. The van der Waals surface area contributed by atoms with E-state index in [0.717, 1.165) is 50.5 Å². The van der Waals surface area contributed by atoms with Crippen LogP contribution in [-0.4, -0.2) is 61.6 Å². The molecule has 0 saturated carbocycles. The molecule has 142 valence electrons. The number of nitrogens with zero attached hydrogens (tertiary/aromatic N) is 3. The highest BCUT2D eigenvalue weighted by atomic mass is 16.5. The van der Waals surface area contributed by atoms with Crippen molar-refractivity contribution in [2.45, 2.75) is 32.1 Å². The summed E-state index contributed by atoms with van der Waals surface area (Å²) in [4.78, 5) is 32.7. The lowest BCUT2D eigenvalue weighted by Gasteiger charge is -2.30. The SMILES string of the molecule is COC(=O)C1CCN(CC(=O)Nc2ccc(N3CCCCC3)nc2)CC1. The molecule has 2 fully saturated rings. The number of rotatable bonds is 5. The molecule has 7 heteroatoms. The molecule has 7 nitrogen and oxygen atoms in total. The highest BCUT2D eigenvalue weighted by Crippen LogP contribution is 2.20. The molecule has 0 spiro atoms. The monoisotopic (exact) mass is 360 g/mol. The number of piperidine rings is 2. The predicted molar refractivity (Wildman–Crippen MR) is 100 cm³/mol. The van der Waals surface area contributed by atoms with E-state index in [-0.39, 0.29) is 17.8 Å².